The van der Waals surface area contributed by atoms with E-state index in [4.69, 9.17) is 9.88 Å². The highest BCUT2D eigenvalue weighted by atomic mass is 35.5. The third-order valence-corrected chi connectivity index (χ3v) is 8.60. The van der Waals surface area contributed by atoms with E-state index in [1.807, 2.05) is 0 Å². The van der Waals surface area contributed by atoms with E-state index in [9.17, 15) is 21.6 Å². The number of carbonyl (C=O) groups excluding carboxylic acids is 1. The minimum atomic E-state index is -4.58. The Hall–Kier alpha value is -2.41. The van der Waals surface area contributed by atoms with E-state index < -0.39 is 47.9 Å². The number of nitrogens with one attached hydrogen (secondary N) is 4. The van der Waals surface area contributed by atoms with Gasteiger partial charge in [0.15, 0.2) is 0 Å². The second-order valence-electron chi connectivity index (χ2n) is 8.18. The Morgan fingerprint density at radius 3 is 2.58 bits per heavy atom. The second kappa shape index (κ2) is 11.3. The number of benzene rings is 1. The normalized spacial score (nSPS) is 21.0. The summed E-state index contributed by atoms with van der Waals surface area (Å²) in [4.78, 5) is 12.7. The summed E-state index contributed by atoms with van der Waals surface area (Å²) in [7, 11) is -7.55. The van der Waals surface area contributed by atoms with Gasteiger partial charge in [-0.2, -0.15) is 5.21 Å². The molecular formula is C18H28ClN9O6S2. The van der Waals surface area contributed by atoms with Gasteiger partial charge in [-0.1, -0.05) is 0 Å². The van der Waals surface area contributed by atoms with E-state index >= 15 is 0 Å². The molecule has 2 saturated heterocycles. The van der Waals surface area contributed by atoms with Crippen LogP contribution in [0.25, 0.3) is 11.4 Å². The molecule has 2 fully saturated rings. The number of hydrogen-bond donors (Lipinski definition) is 5. The maximum atomic E-state index is 13.3. The predicted molar refractivity (Wildman–Crippen MR) is 130 cm³/mol. The molecule has 4 rings (SSSR count). The third-order valence-electron chi connectivity index (χ3n) is 5.91. The van der Waals surface area contributed by atoms with Gasteiger partial charge in [0.2, 0.25) is 25.9 Å². The number of esters is 1. The van der Waals surface area contributed by atoms with Crippen LogP contribution in [0.4, 0.5) is 5.69 Å². The highest BCUT2D eigenvalue weighted by Crippen LogP contribution is 2.38. The highest BCUT2D eigenvalue weighted by Gasteiger charge is 2.35. The Morgan fingerprint density at radius 2 is 1.97 bits per heavy atom. The SMILES string of the molecule is COC(=O)C1CCN(c2ccc(S(=O)(=O)N[C@@H]3CCNC3)c(S(N)(=O)=O)c2-c2nn[nH]n2)CCN1.Cl. The minimum Gasteiger partial charge on any atom is -0.468 e. The maximum Gasteiger partial charge on any atom is 0.322 e. The molecule has 18 heteroatoms. The van der Waals surface area contributed by atoms with Crippen molar-refractivity contribution in [2.45, 2.75) is 34.7 Å². The van der Waals surface area contributed by atoms with Crippen LogP contribution in [-0.4, -0.2) is 95.3 Å². The first-order chi connectivity index (χ1) is 16.6. The maximum absolute atomic E-state index is 13.3. The van der Waals surface area contributed by atoms with Crippen molar-refractivity contribution in [3.8, 4) is 11.4 Å². The average Bonchev–Trinajstić information content (AvgIpc) is 3.47. The lowest BCUT2D eigenvalue weighted by Crippen LogP contribution is -2.37. The molecule has 2 aliphatic rings. The summed E-state index contributed by atoms with van der Waals surface area (Å²) in [6.45, 7) is 2.15. The van der Waals surface area contributed by atoms with Crippen molar-refractivity contribution in [1.29, 1.82) is 0 Å². The van der Waals surface area contributed by atoms with E-state index in [2.05, 4.69) is 36.0 Å². The number of hydrogen-bond acceptors (Lipinski definition) is 12. The average molecular weight is 566 g/mol. The molecule has 0 amide bonds. The van der Waals surface area contributed by atoms with E-state index in [1.54, 1.807) is 4.90 Å². The summed E-state index contributed by atoms with van der Waals surface area (Å²) in [5.41, 5.74) is 0.245. The van der Waals surface area contributed by atoms with Gasteiger partial charge >= 0.3 is 5.97 Å². The van der Waals surface area contributed by atoms with Crippen LogP contribution in [0, 0.1) is 0 Å². The lowest BCUT2D eigenvalue weighted by molar-refractivity contribution is -0.143. The van der Waals surface area contributed by atoms with Crippen LogP contribution in [0.5, 0.6) is 0 Å². The second-order valence-corrected chi connectivity index (χ2v) is 11.4. The van der Waals surface area contributed by atoms with E-state index in [0.717, 1.165) is 0 Å². The van der Waals surface area contributed by atoms with Gasteiger partial charge in [0, 0.05) is 37.9 Å². The van der Waals surface area contributed by atoms with Crippen LogP contribution in [0.15, 0.2) is 21.9 Å². The van der Waals surface area contributed by atoms with Gasteiger partial charge in [-0.25, -0.2) is 26.7 Å². The molecule has 1 aromatic heterocycles. The van der Waals surface area contributed by atoms with Crippen molar-refractivity contribution in [2.75, 3.05) is 44.7 Å². The van der Waals surface area contributed by atoms with Crippen molar-refractivity contribution < 1.29 is 26.4 Å². The topological polar surface area (TPSA) is 214 Å². The number of anilines is 1. The Kier molecular flexibility index (Phi) is 8.86. The Bertz CT molecular complexity index is 1280. The molecule has 36 heavy (non-hydrogen) atoms. The molecular weight excluding hydrogens is 538 g/mol. The van der Waals surface area contributed by atoms with Crippen LogP contribution in [-0.2, 0) is 29.6 Å². The van der Waals surface area contributed by atoms with Crippen LogP contribution in [0.1, 0.15) is 12.8 Å². The number of nitrogens with two attached hydrogens (primary N) is 1. The molecule has 0 aliphatic carbocycles. The fraction of sp³-hybridized carbons (Fsp3) is 0.556. The number of tetrazole rings is 1. The smallest absolute Gasteiger partial charge is 0.322 e. The molecule has 0 bridgehead atoms. The molecule has 2 atom stereocenters. The summed E-state index contributed by atoms with van der Waals surface area (Å²) in [5.74, 6) is -0.547. The number of rotatable bonds is 7. The molecule has 3 heterocycles. The summed E-state index contributed by atoms with van der Waals surface area (Å²) in [6.07, 6.45) is 0.918. The zero-order valence-corrected chi connectivity index (χ0v) is 21.7. The van der Waals surface area contributed by atoms with Crippen molar-refractivity contribution >= 4 is 44.1 Å². The molecule has 0 spiro atoms. The van der Waals surface area contributed by atoms with Gasteiger partial charge in [-0.05, 0) is 36.7 Å². The predicted octanol–water partition coefficient (Wildman–Crippen LogP) is -2.08. The molecule has 6 N–H and O–H groups in total. The summed E-state index contributed by atoms with van der Waals surface area (Å²) in [6, 6.07) is 1.76. The molecule has 15 nitrogen and oxygen atoms in total. The zero-order chi connectivity index (χ0) is 25.2. The highest BCUT2D eigenvalue weighted by molar-refractivity contribution is 7.92. The fourth-order valence-electron chi connectivity index (χ4n) is 4.29. The fourth-order valence-corrected chi connectivity index (χ4v) is 7.16. The van der Waals surface area contributed by atoms with Gasteiger partial charge < -0.3 is 20.3 Å². The number of ether oxygens (including phenoxy) is 1. The first kappa shape index (κ1) is 28.2. The number of primary sulfonamides is 1. The van der Waals surface area contributed by atoms with Gasteiger partial charge in [0.1, 0.15) is 15.8 Å². The van der Waals surface area contributed by atoms with Crippen LogP contribution >= 0.6 is 12.4 Å². The van der Waals surface area contributed by atoms with Gasteiger partial charge in [-0.3, -0.25) is 4.79 Å². The zero-order valence-electron chi connectivity index (χ0n) is 19.3. The molecule has 0 radical (unpaired) electrons. The van der Waals surface area contributed by atoms with Gasteiger partial charge in [0.25, 0.3) is 0 Å². The van der Waals surface area contributed by atoms with Gasteiger partial charge in [-0.15, -0.1) is 22.6 Å². The number of halogens is 1. The number of carbonyl (C=O) groups is 1. The first-order valence-electron chi connectivity index (χ1n) is 10.8. The monoisotopic (exact) mass is 565 g/mol. The van der Waals surface area contributed by atoms with Crippen molar-refractivity contribution in [3.05, 3.63) is 12.1 Å². The van der Waals surface area contributed by atoms with Gasteiger partial charge in [0.05, 0.1) is 12.7 Å². The summed E-state index contributed by atoms with van der Waals surface area (Å²) < 4.78 is 59.6. The van der Waals surface area contributed by atoms with Crippen molar-refractivity contribution in [2.24, 2.45) is 5.14 Å². The van der Waals surface area contributed by atoms with E-state index in [-0.39, 0.29) is 23.8 Å². The first-order valence-corrected chi connectivity index (χ1v) is 13.9. The van der Waals surface area contributed by atoms with E-state index in [1.165, 1.54) is 19.2 Å². The van der Waals surface area contributed by atoms with Crippen molar-refractivity contribution in [3.63, 3.8) is 0 Å². The number of sulfonamides is 2. The Balaban J connectivity index is 0.00000361. The van der Waals surface area contributed by atoms with Crippen molar-refractivity contribution in [1.82, 2.24) is 36.0 Å². The number of aromatic amines is 1. The summed E-state index contributed by atoms with van der Waals surface area (Å²) in [5, 5.41) is 25.3. The Labute approximate surface area is 214 Å². The molecule has 2 aromatic rings. The molecule has 1 unspecified atom stereocenters. The van der Waals surface area contributed by atoms with Crippen LogP contribution in [0.3, 0.4) is 0 Å². The Morgan fingerprint density at radius 1 is 1.19 bits per heavy atom. The number of nitrogens with zero attached hydrogens (tertiary/aromatic N) is 4. The molecule has 200 valence electrons. The number of H-pyrrole nitrogens is 1. The summed E-state index contributed by atoms with van der Waals surface area (Å²) >= 11 is 0. The standard InChI is InChI=1S/C18H27N9O6S2.ClH/c1-33-18(28)12-5-8-27(9-7-21-12)13-2-3-14(35(31,32)24-11-4-6-20-10-11)16(34(19,29)30)15(13)17-22-25-26-23-17;/h2-3,11-12,20-21,24H,4-10H2,1H3,(H2,19,29,30)(H,22,23,25,26);1H/t11-,12?;/m1./s1. The third kappa shape index (κ3) is 5.93. The largest absolute Gasteiger partial charge is 0.468 e. The quantitative estimate of drug-likeness (QED) is 0.229. The number of aromatic nitrogens is 4. The molecule has 0 saturated carbocycles. The van der Waals surface area contributed by atoms with Crippen LogP contribution in [0.2, 0.25) is 0 Å². The lowest BCUT2D eigenvalue weighted by Gasteiger charge is -2.26. The number of methoxy groups -OCH3 is 1. The van der Waals surface area contributed by atoms with E-state index in [0.29, 0.717) is 51.3 Å². The molecule has 1 aromatic carbocycles. The molecule has 2 aliphatic heterocycles. The van der Waals surface area contributed by atoms with Crippen LogP contribution < -0.4 is 25.4 Å². The minimum absolute atomic E-state index is 0. The lowest BCUT2D eigenvalue weighted by atomic mass is 10.1.